The molecule has 1 aliphatic carbocycles. The minimum absolute atomic E-state index is 0.0218. The van der Waals surface area contributed by atoms with Crippen LogP contribution in [0.3, 0.4) is 0 Å². The maximum Gasteiger partial charge on any atom is 0.328 e. The van der Waals surface area contributed by atoms with Gasteiger partial charge in [0, 0.05) is 25.3 Å². The van der Waals surface area contributed by atoms with E-state index in [1.165, 1.54) is 13.3 Å². The summed E-state index contributed by atoms with van der Waals surface area (Å²) in [5, 5.41) is 0. The molecule has 2 fully saturated rings. The van der Waals surface area contributed by atoms with Gasteiger partial charge in [-0.15, -0.1) is 0 Å². The Morgan fingerprint density at radius 1 is 0.735 bits per heavy atom. The summed E-state index contributed by atoms with van der Waals surface area (Å²) in [6, 6.07) is -0.522. The Morgan fingerprint density at radius 3 is 1.59 bits per heavy atom. The first kappa shape index (κ1) is 32.4. The highest BCUT2D eigenvalue weighted by atomic mass is 31.2. The van der Waals surface area contributed by atoms with Gasteiger partial charge in [0.2, 0.25) is 0 Å². The van der Waals surface area contributed by atoms with Crippen molar-refractivity contribution in [2.75, 3.05) is 19.9 Å². The molecule has 11 heteroatoms. The molecular formula is C23H46B2O7P2. The van der Waals surface area contributed by atoms with E-state index in [4.69, 9.17) is 38.5 Å². The highest BCUT2D eigenvalue weighted by molar-refractivity contribution is 7.53. The molecule has 4 radical (unpaired) electrons. The normalized spacial score (nSPS) is 33.2. The fourth-order valence-corrected chi connectivity index (χ4v) is 7.63. The zero-order valence-electron chi connectivity index (χ0n) is 22.8. The van der Waals surface area contributed by atoms with Gasteiger partial charge >= 0.3 is 15.2 Å². The van der Waals surface area contributed by atoms with E-state index in [2.05, 4.69) is 27.7 Å². The van der Waals surface area contributed by atoms with E-state index in [0.29, 0.717) is 24.4 Å². The first-order chi connectivity index (χ1) is 15.5. The molecule has 0 spiro atoms. The summed E-state index contributed by atoms with van der Waals surface area (Å²) in [6.45, 7) is 19.4. The first-order valence-corrected chi connectivity index (χ1v) is 16.4. The van der Waals surface area contributed by atoms with Crippen molar-refractivity contribution in [1.82, 2.24) is 0 Å². The van der Waals surface area contributed by atoms with Crippen molar-refractivity contribution in [3.63, 3.8) is 0 Å². The summed E-state index contributed by atoms with van der Waals surface area (Å²) in [6.07, 6.45) is 1.26. The van der Waals surface area contributed by atoms with Gasteiger partial charge in [-0.3, -0.25) is 9.13 Å². The molecule has 1 aliphatic heterocycles. The topological polar surface area (TPSA) is 80.3 Å². The third-order valence-electron chi connectivity index (χ3n) is 6.05. The Morgan fingerprint density at radius 2 is 1.18 bits per heavy atom. The maximum atomic E-state index is 12.2. The highest BCUT2D eigenvalue weighted by Gasteiger charge is 2.41. The first-order valence-electron chi connectivity index (χ1n) is 12.5. The smallest absolute Gasteiger partial charge is 0.328 e. The Labute approximate surface area is 211 Å². The van der Waals surface area contributed by atoms with Gasteiger partial charge in [-0.05, 0) is 51.9 Å². The summed E-state index contributed by atoms with van der Waals surface area (Å²) < 4.78 is 51.6. The van der Waals surface area contributed by atoms with E-state index in [0.717, 1.165) is 12.8 Å². The molecule has 0 aromatic heterocycles. The molecule has 34 heavy (non-hydrogen) atoms. The zero-order valence-corrected chi connectivity index (χ0v) is 24.6. The Bertz CT molecular complexity index is 647. The second-order valence-electron chi connectivity index (χ2n) is 10.8. The average molecular weight is 518 g/mol. The zero-order chi connectivity index (χ0) is 26.4. The van der Waals surface area contributed by atoms with Gasteiger partial charge in [-0.2, -0.15) is 0 Å². The van der Waals surface area contributed by atoms with E-state index in [9.17, 15) is 9.13 Å². The standard InChI is InChI=1S/C12H24BO3P.C11H22BO4P/c1-8(2)10-6-7-11(13)12(10)16-17(5,14)15-9(3)4;1-7(2)9-6-14-11(12)10(9)16-17(5,13)15-8(3)4/h8-12H,6-7H2,1-5H3;7-11H,6H2,1-5H3. The summed E-state index contributed by atoms with van der Waals surface area (Å²) in [7, 11) is 5.80. The van der Waals surface area contributed by atoms with E-state index < -0.39 is 21.2 Å². The van der Waals surface area contributed by atoms with Crippen molar-refractivity contribution < 1.29 is 32.0 Å². The van der Waals surface area contributed by atoms with Crippen LogP contribution in [0.25, 0.3) is 0 Å². The molecular weight excluding hydrogens is 472 g/mol. The third kappa shape index (κ3) is 10.8. The van der Waals surface area contributed by atoms with E-state index in [1.807, 2.05) is 27.7 Å². The molecule has 1 heterocycles. The lowest BCUT2D eigenvalue weighted by Gasteiger charge is -2.29. The number of ether oxygens (including phenoxy) is 1. The number of hydrogen-bond acceptors (Lipinski definition) is 7. The summed E-state index contributed by atoms with van der Waals surface area (Å²) in [5.74, 6) is 1.38. The predicted octanol–water partition coefficient (Wildman–Crippen LogP) is 6.06. The fraction of sp³-hybridized carbons (Fsp3) is 1.00. The SMILES string of the molecule is [B]C1CCC(C(C)C)C1OP(C)(=O)OC(C)C.[B]C1OCC(C(C)C)C1OP(C)(=O)OC(C)C. The van der Waals surface area contributed by atoms with Crippen LogP contribution in [0.1, 0.15) is 68.2 Å². The van der Waals surface area contributed by atoms with Crippen molar-refractivity contribution in [3.8, 4) is 0 Å². The molecule has 1 saturated carbocycles. The van der Waals surface area contributed by atoms with Gasteiger partial charge in [0.1, 0.15) is 7.85 Å². The van der Waals surface area contributed by atoms with Gasteiger partial charge < -0.3 is 22.8 Å². The lowest BCUT2D eigenvalue weighted by Crippen LogP contribution is -2.32. The van der Waals surface area contributed by atoms with Gasteiger partial charge in [0.15, 0.2) is 0 Å². The molecule has 0 N–H and O–H groups in total. The molecule has 2 aliphatic rings. The molecule has 1 saturated heterocycles. The van der Waals surface area contributed by atoms with Crippen LogP contribution in [-0.2, 0) is 32.0 Å². The quantitative estimate of drug-likeness (QED) is 0.257. The van der Waals surface area contributed by atoms with Crippen LogP contribution >= 0.6 is 15.2 Å². The predicted molar refractivity (Wildman–Crippen MR) is 140 cm³/mol. The lowest BCUT2D eigenvalue weighted by molar-refractivity contribution is 0.0768. The van der Waals surface area contributed by atoms with Gasteiger partial charge in [0.05, 0.1) is 38.9 Å². The van der Waals surface area contributed by atoms with Gasteiger partial charge in [0.25, 0.3) is 0 Å². The molecule has 2 rings (SSSR count). The van der Waals surface area contributed by atoms with Crippen LogP contribution in [0.15, 0.2) is 0 Å². The van der Waals surface area contributed by atoms with E-state index in [1.54, 1.807) is 0 Å². The Hall–Kier alpha value is 0.390. The second kappa shape index (κ2) is 13.8. The van der Waals surface area contributed by atoms with E-state index >= 15 is 0 Å². The van der Waals surface area contributed by atoms with Crippen LogP contribution in [0.2, 0.25) is 5.82 Å². The third-order valence-corrected chi connectivity index (χ3v) is 8.91. The van der Waals surface area contributed by atoms with E-state index in [-0.39, 0.29) is 36.2 Å². The van der Waals surface area contributed by atoms with Crippen molar-refractivity contribution in [1.29, 1.82) is 0 Å². The molecule has 0 bridgehead atoms. The molecule has 8 atom stereocenters. The van der Waals surface area contributed by atoms with Crippen LogP contribution < -0.4 is 0 Å². The Kier molecular flexibility index (Phi) is 13.2. The number of hydrogen-bond donors (Lipinski definition) is 0. The summed E-state index contributed by atoms with van der Waals surface area (Å²) in [5.41, 5.74) is 0. The average Bonchev–Trinajstić information content (AvgIpc) is 3.16. The van der Waals surface area contributed by atoms with Crippen molar-refractivity contribution >= 4 is 30.9 Å². The molecule has 0 aromatic carbocycles. The lowest BCUT2D eigenvalue weighted by atomic mass is 9.81. The molecule has 196 valence electrons. The van der Waals surface area contributed by atoms with Crippen molar-refractivity contribution in [2.45, 2.75) is 104 Å². The van der Waals surface area contributed by atoms with Crippen LogP contribution in [-0.4, -0.2) is 66.0 Å². The van der Waals surface area contributed by atoms with Gasteiger partial charge in [-0.25, -0.2) is 0 Å². The fourth-order valence-electron chi connectivity index (χ4n) is 4.52. The monoisotopic (exact) mass is 518 g/mol. The molecule has 7 nitrogen and oxygen atoms in total. The number of rotatable bonds is 10. The minimum Gasteiger partial charge on any atom is -0.385 e. The molecule has 8 unspecified atom stereocenters. The largest absolute Gasteiger partial charge is 0.385 e. The van der Waals surface area contributed by atoms with Crippen LogP contribution in [0.4, 0.5) is 0 Å². The maximum absolute atomic E-state index is 12.2. The van der Waals surface area contributed by atoms with Crippen molar-refractivity contribution in [3.05, 3.63) is 0 Å². The van der Waals surface area contributed by atoms with Crippen LogP contribution in [0.5, 0.6) is 0 Å². The van der Waals surface area contributed by atoms with Gasteiger partial charge in [-0.1, -0.05) is 39.9 Å². The van der Waals surface area contributed by atoms with Crippen molar-refractivity contribution in [2.24, 2.45) is 23.7 Å². The minimum atomic E-state index is -3.07. The Balaban J connectivity index is 0.000000340. The molecule has 0 aromatic rings. The summed E-state index contributed by atoms with van der Waals surface area (Å²) >= 11 is 0. The second-order valence-corrected chi connectivity index (χ2v) is 14.8. The summed E-state index contributed by atoms with van der Waals surface area (Å²) in [4.78, 5) is 0. The highest BCUT2D eigenvalue weighted by Crippen LogP contribution is 2.53. The molecule has 0 amide bonds. The van der Waals surface area contributed by atoms with Crippen LogP contribution in [0, 0.1) is 23.7 Å².